The number of para-hydroxylation sites is 2. The van der Waals surface area contributed by atoms with Gasteiger partial charge in [0, 0.05) is 11.5 Å². The Labute approximate surface area is 132 Å². The highest BCUT2D eigenvalue weighted by atomic mass is 19.1. The molecule has 0 radical (unpaired) electrons. The van der Waals surface area contributed by atoms with Gasteiger partial charge in [-0.1, -0.05) is 24.3 Å². The van der Waals surface area contributed by atoms with Crippen molar-refractivity contribution in [2.24, 2.45) is 0 Å². The quantitative estimate of drug-likeness (QED) is 0.733. The van der Waals surface area contributed by atoms with Crippen molar-refractivity contribution in [3.05, 3.63) is 66.2 Å². The van der Waals surface area contributed by atoms with Crippen LogP contribution < -0.4 is 10.1 Å². The molecule has 0 atom stereocenters. The van der Waals surface area contributed by atoms with Gasteiger partial charge in [0.15, 0.2) is 11.3 Å². The van der Waals surface area contributed by atoms with E-state index < -0.39 is 11.7 Å². The first-order valence-corrected chi connectivity index (χ1v) is 6.97. The summed E-state index contributed by atoms with van der Waals surface area (Å²) in [6.07, 6.45) is 2.81. The van der Waals surface area contributed by atoms with E-state index in [0.717, 1.165) is 5.39 Å². The number of hydrogen-bond donors (Lipinski definition) is 1. The van der Waals surface area contributed by atoms with Crippen LogP contribution in [0.15, 0.2) is 59.0 Å². The third-order valence-electron chi connectivity index (χ3n) is 3.28. The maximum absolute atomic E-state index is 13.5. The maximum Gasteiger partial charge on any atom is 0.248 e. The fourth-order valence-electron chi connectivity index (χ4n) is 2.19. The van der Waals surface area contributed by atoms with Crippen molar-refractivity contribution < 1.29 is 18.3 Å². The Kier molecular flexibility index (Phi) is 4.10. The summed E-state index contributed by atoms with van der Waals surface area (Å²) in [5.74, 6) is 0.205. The number of hydrogen-bond acceptors (Lipinski definition) is 3. The number of fused-ring (bicyclic) bond motifs is 1. The second-order valence-corrected chi connectivity index (χ2v) is 4.83. The van der Waals surface area contributed by atoms with E-state index in [0.29, 0.717) is 17.1 Å². The zero-order valence-electron chi connectivity index (χ0n) is 12.4. The number of amides is 1. The number of furan rings is 1. The van der Waals surface area contributed by atoms with Gasteiger partial charge in [-0.25, -0.2) is 4.39 Å². The van der Waals surface area contributed by atoms with Crippen LogP contribution in [0.25, 0.3) is 17.0 Å². The van der Waals surface area contributed by atoms with E-state index in [4.69, 9.17) is 9.15 Å². The molecule has 1 heterocycles. The number of nitrogens with one attached hydrogen (secondary N) is 1. The van der Waals surface area contributed by atoms with Gasteiger partial charge in [0.25, 0.3) is 0 Å². The molecule has 1 aromatic heterocycles. The van der Waals surface area contributed by atoms with E-state index in [1.54, 1.807) is 31.4 Å². The first-order chi connectivity index (χ1) is 11.2. The van der Waals surface area contributed by atoms with Crippen LogP contribution in [0.1, 0.15) is 5.76 Å². The molecule has 0 bridgehead atoms. The number of benzene rings is 2. The molecule has 1 amide bonds. The molecular weight excluding hydrogens is 297 g/mol. The smallest absolute Gasteiger partial charge is 0.248 e. The SMILES string of the molecule is COc1cccc2cc(/C=C/C(=O)Nc3ccccc3F)oc12. The number of halogens is 1. The average molecular weight is 311 g/mol. The van der Waals surface area contributed by atoms with Crippen LogP contribution in [0.2, 0.25) is 0 Å². The third-order valence-corrected chi connectivity index (χ3v) is 3.28. The average Bonchev–Trinajstić information content (AvgIpc) is 2.98. The second-order valence-electron chi connectivity index (χ2n) is 4.83. The number of ether oxygens (including phenoxy) is 1. The van der Waals surface area contributed by atoms with Crippen molar-refractivity contribution in [1.29, 1.82) is 0 Å². The van der Waals surface area contributed by atoms with Gasteiger partial charge < -0.3 is 14.5 Å². The number of carbonyl (C=O) groups excluding carboxylic acids is 1. The lowest BCUT2D eigenvalue weighted by atomic mass is 10.2. The van der Waals surface area contributed by atoms with E-state index in [9.17, 15) is 9.18 Å². The van der Waals surface area contributed by atoms with Crippen molar-refractivity contribution in [2.45, 2.75) is 0 Å². The molecular formula is C18H14FNO3. The minimum atomic E-state index is -0.484. The lowest BCUT2D eigenvalue weighted by Crippen LogP contribution is -2.08. The maximum atomic E-state index is 13.5. The molecule has 2 aromatic carbocycles. The highest BCUT2D eigenvalue weighted by molar-refractivity contribution is 6.02. The first-order valence-electron chi connectivity index (χ1n) is 6.97. The van der Waals surface area contributed by atoms with E-state index in [-0.39, 0.29) is 5.69 Å². The van der Waals surface area contributed by atoms with E-state index in [2.05, 4.69) is 5.32 Å². The Morgan fingerprint density at radius 1 is 1.22 bits per heavy atom. The van der Waals surface area contributed by atoms with Gasteiger partial charge in [0.1, 0.15) is 11.6 Å². The molecule has 116 valence electrons. The molecule has 0 saturated carbocycles. The molecule has 1 N–H and O–H groups in total. The lowest BCUT2D eigenvalue weighted by molar-refractivity contribution is -0.111. The van der Waals surface area contributed by atoms with Gasteiger partial charge in [-0.15, -0.1) is 0 Å². The summed E-state index contributed by atoms with van der Waals surface area (Å²) < 4.78 is 24.3. The Morgan fingerprint density at radius 2 is 2.04 bits per heavy atom. The zero-order chi connectivity index (χ0) is 16.2. The largest absolute Gasteiger partial charge is 0.493 e. The summed E-state index contributed by atoms with van der Waals surface area (Å²) in [5, 5.41) is 3.34. The summed E-state index contributed by atoms with van der Waals surface area (Å²) in [6, 6.07) is 13.3. The van der Waals surface area contributed by atoms with E-state index >= 15 is 0 Å². The Hall–Kier alpha value is -3.08. The molecule has 0 aliphatic rings. The predicted octanol–water partition coefficient (Wildman–Crippen LogP) is 4.23. The topological polar surface area (TPSA) is 51.5 Å². The minimum Gasteiger partial charge on any atom is -0.493 e. The van der Waals surface area contributed by atoms with Crippen LogP contribution in [-0.4, -0.2) is 13.0 Å². The summed E-state index contributed by atoms with van der Waals surface area (Å²) in [5.41, 5.74) is 0.748. The molecule has 0 spiro atoms. The van der Waals surface area contributed by atoms with Crippen molar-refractivity contribution >= 4 is 28.6 Å². The summed E-state index contributed by atoms with van der Waals surface area (Å²) in [6.45, 7) is 0. The van der Waals surface area contributed by atoms with Gasteiger partial charge in [-0.2, -0.15) is 0 Å². The minimum absolute atomic E-state index is 0.133. The van der Waals surface area contributed by atoms with E-state index in [1.165, 1.54) is 24.3 Å². The predicted molar refractivity (Wildman–Crippen MR) is 86.8 cm³/mol. The molecule has 3 aromatic rings. The van der Waals surface area contributed by atoms with Crippen molar-refractivity contribution in [3.63, 3.8) is 0 Å². The number of methoxy groups -OCH3 is 1. The van der Waals surface area contributed by atoms with Crippen molar-refractivity contribution in [1.82, 2.24) is 0 Å². The first kappa shape index (κ1) is 14.8. The zero-order valence-corrected chi connectivity index (χ0v) is 12.4. The molecule has 5 heteroatoms. The monoisotopic (exact) mass is 311 g/mol. The molecule has 0 aliphatic heterocycles. The summed E-state index contributed by atoms with van der Waals surface area (Å²) in [7, 11) is 1.56. The van der Waals surface area contributed by atoms with Crippen LogP contribution in [-0.2, 0) is 4.79 Å². The molecule has 0 fully saturated rings. The van der Waals surface area contributed by atoms with Crippen LogP contribution in [0.4, 0.5) is 10.1 Å². The molecule has 3 rings (SSSR count). The Bertz CT molecular complexity index is 883. The van der Waals surface area contributed by atoms with Crippen LogP contribution >= 0.6 is 0 Å². The fraction of sp³-hybridized carbons (Fsp3) is 0.0556. The standard InChI is InChI=1S/C18H14FNO3/c1-22-16-8-4-5-12-11-13(23-18(12)16)9-10-17(21)20-15-7-3-2-6-14(15)19/h2-11H,1H3,(H,20,21)/b10-9+. The summed E-state index contributed by atoms with van der Waals surface area (Å²) >= 11 is 0. The van der Waals surface area contributed by atoms with Gasteiger partial charge in [-0.3, -0.25) is 4.79 Å². The molecule has 23 heavy (non-hydrogen) atoms. The number of rotatable bonds is 4. The third kappa shape index (κ3) is 3.23. The van der Waals surface area contributed by atoms with Gasteiger partial charge >= 0.3 is 0 Å². The van der Waals surface area contributed by atoms with Crippen molar-refractivity contribution in [2.75, 3.05) is 12.4 Å². The van der Waals surface area contributed by atoms with Crippen LogP contribution in [0, 0.1) is 5.82 Å². The normalized spacial score (nSPS) is 11.0. The Morgan fingerprint density at radius 3 is 2.83 bits per heavy atom. The molecule has 0 aliphatic carbocycles. The molecule has 4 nitrogen and oxygen atoms in total. The van der Waals surface area contributed by atoms with Crippen molar-refractivity contribution in [3.8, 4) is 5.75 Å². The van der Waals surface area contributed by atoms with Crippen LogP contribution in [0.3, 0.4) is 0 Å². The lowest BCUT2D eigenvalue weighted by Gasteiger charge is -2.02. The Balaban J connectivity index is 1.77. The van der Waals surface area contributed by atoms with E-state index in [1.807, 2.05) is 12.1 Å². The van der Waals surface area contributed by atoms with Gasteiger partial charge in [0.05, 0.1) is 12.8 Å². The second kappa shape index (κ2) is 6.36. The highest BCUT2D eigenvalue weighted by Crippen LogP contribution is 2.28. The van der Waals surface area contributed by atoms with Gasteiger partial charge in [-0.05, 0) is 30.3 Å². The molecule has 0 unspecified atom stereocenters. The molecule has 0 saturated heterocycles. The van der Waals surface area contributed by atoms with Crippen LogP contribution in [0.5, 0.6) is 5.75 Å². The number of anilines is 1. The van der Waals surface area contributed by atoms with Gasteiger partial charge in [0.2, 0.25) is 5.91 Å². The highest BCUT2D eigenvalue weighted by Gasteiger charge is 2.07. The fourth-order valence-corrected chi connectivity index (χ4v) is 2.19. The summed E-state index contributed by atoms with van der Waals surface area (Å²) in [4.78, 5) is 11.8. The number of carbonyl (C=O) groups is 1.